The molecule has 0 spiro atoms. The lowest BCUT2D eigenvalue weighted by Gasteiger charge is -1.99. The molecule has 0 N–H and O–H groups in total. The van der Waals surface area contributed by atoms with Crippen LogP contribution in [-0.2, 0) is 11.5 Å². The summed E-state index contributed by atoms with van der Waals surface area (Å²) in [6, 6.07) is 8.45. The summed E-state index contributed by atoms with van der Waals surface area (Å²) >= 11 is 3.26. The van der Waals surface area contributed by atoms with Crippen LogP contribution in [0.25, 0.3) is 0 Å². The van der Waals surface area contributed by atoms with Gasteiger partial charge in [-0.25, -0.2) is 0 Å². The van der Waals surface area contributed by atoms with Gasteiger partial charge in [0.15, 0.2) is 0 Å². The van der Waals surface area contributed by atoms with Crippen LogP contribution in [0.5, 0.6) is 0 Å². The highest BCUT2D eigenvalue weighted by Gasteiger charge is 2.06. The molecule has 0 saturated carbocycles. The molecule has 0 atom stereocenters. The molecule has 17 heavy (non-hydrogen) atoms. The number of benzene rings is 1. The maximum atomic E-state index is 5.50. The van der Waals surface area contributed by atoms with Crippen LogP contribution in [0.3, 0.4) is 0 Å². The van der Waals surface area contributed by atoms with Crippen LogP contribution in [0.2, 0.25) is 0 Å². The van der Waals surface area contributed by atoms with Crippen molar-refractivity contribution in [3.8, 4) is 0 Å². The first-order chi connectivity index (χ1) is 8.28. The molecule has 5 heteroatoms. The minimum absolute atomic E-state index is 0.649. The van der Waals surface area contributed by atoms with Crippen LogP contribution in [0.1, 0.15) is 17.0 Å². The Morgan fingerprint density at radius 2 is 2.12 bits per heavy atom. The zero-order chi connectivity index (χ0) is 12.1. The molecular formula is C12H14N2OS2. The van der Waals surface area contributed by atoms with Crippen molar-refractivity contribution in [1.29, 1.82) is 0 Å². The van der Waals surface area contributed by atoms with Gasteiger partial charge in [-0.2, -0.15) is 11.8 Å². The molecule has 2 aromatic rings. The minimum atomic E-state index is 0.649. The normalized spacial score (nSPS) is 10.7. The lowest BCUT2D eigenvalue weighted by Crippen LogP contribution is -1.81. The monoisotopic (exact) mass is 266 g/mol. The van der Waals surface area contributed by atoms with E-state index in [2.05, 4.69) is 41.4 Å². The molecule has 0 aliphatic carbocycles. The van der Waals surface area contributed by atoms with Crippen LogP contribution >= 0.6 is 23.5 Å². The van der Waals surface area contributed by atoms with Crippen LogP contribution in [0, 0.1) is 6.92 Å². The first-order valence-corrected chi connectivity index (χ1v) is 7.65. The maximum absolute atomic E-state index is 5.50. The van der Waals surface area contributed by atoms with E-state index >= 15 is 0 Å². The molecule has 0 amide bonds. The van der Waals surface area contributed by atoms with Gasteiger partial charge in [0.1, 0.15) is 0 Å². The molecule has 0 bridgehead atoms. The van der Waals surface area contributed by atoms with E-state index in [1.807, 2.05) is 6.26 Å². The van der Waals surface area contributed by atoms with E-state index in [4.69, 9.17) is 4.42 Å². The van der Waals surface area contributed by atoms with E-state index in [-0.39, 0.29) is 0 Å². The first kappa shape index (κ1) is 12.5. The van der Waals surface area contributed by atoms with Crippen molar-refractivity contribution >= 4 is 23.5 Å². The van der Waals surface area contributed by atoms with Gasteiger partial charge < -0.3 is 4.42 Å². The van der Waals surface area contributed by atoms with E-state index in [1.165, 1.54) is 11.1 Å². The fraction of sp³-hybridized carbons (Fsp3) is 0.333. The zero-order valence-electron chi connectivity index (χ0n) is 9.84. The molecule has 0 fully saturated rings. The molecule has 0 saturated heterocycles. The summed E-state index contributed by atoms with van der Waals surface area (Å²) in [5.74, 6) is 2.34. The number of hydrogen-bond acceptors (Lipinski definition) is 5. The van der Waals surface area contributed by atoms with Gasteiger partial charge in [0.05, 0.1) is 5.75 Å². The van der Waals surface area contributed by atoms with E-state index < -0.39 is 0 Å². The molecule has 0 radical (unpaired) electrons. The lowest BCUT2D eigenvalue weighted by atomic mass is 10.2. The Bertz CT molecular complexity index is 485. The van der Waals surface area contributed by atoms with E-state index in [0.29, 0.717) is 11.1 Å². The molecule has 0 aliphatic rings. The highest BCUT2D eigenvalue weighted by molar-refractivity contribution is 7.98. The van der Waals surface area contributed by atoms with Crippen molar-refractivity contribution in [2.24, 2.45) is 0 Å². The third-order valence-corrected chi connectivity index (χ3v) is 3.59. The van der Waals surface area contributed by atoms with Crippen molar-refractivity contribution in [3.05, 3.63) is 41.3 Å². The van der Waals surface area contributed by atoms with Gasteiger partial charge in [0.25, 0.3) is 5.22 Å². The summed E-state index contributed by atoms with van der Waals surface area (Å²) in [6.45, 7) is 2.09. The van der Waals surface area contributed by atoms with Crippen molar-refractivity contribution in [2.45, 2.75) is 23.7 Å². The quantitative estimate of drug-likeness (QED) is 0.774. The lowest BCUT2D eigenvalue weighted by molar-refractivity contribution is 0.426. The predicted octanol–water partition coefficient (Wildman–Crippen LogP) is 3.53. The van der Waals surface area contributed by atoms with Crippen LogP contribution in [0.15, 0.2) is 33.9 Å². The van der Waals surface area contributed by atoms with Crippen molar-refractivity contribution in [2.75, 3.05) is 6.26 Å². The number of rotatable bonds is 5. The van der Waals surface area contributed by atoms with Crippen molar-refractivity contribution in [3.63, 3.8) is 0 Å². The number of aromatic nitrogens is 2. The van der Waals surface area contributed by atoms with Gasteiger partial charge in [0.2, 0.25) is 5.89 Å². The van der Waals surface area contributed by atoms with E-state index in [0.717, 1.165) is 11.5 Å². The van der Waals surface area contributed by atoms with Crippen LogP contribution < -0.4 is 0 Å². The summed E-state index contributed by atoms with van der Waals surface area (Å²) in [6.07, 6.45) is 2.02. The van der Waals surface area contributed by atoms with Gasteiger partial charge in [-0.05, 0) is 18.7 Å². The summed E-state index contributed by atoms with van der Waals surface area (Å²) < 4.78 is 5.50. The summed E-state index contributed by atoms with van der Waals surface area (Å²) in [5.41, 5.74) is 2.55. The topological polar surface area (TPSA) is 38.9 Å². The van der Waals surface area contributed by atoms with Crippen LogP contribution in [0.4, 0.5) is 0 Å². The molecule has 0 unspecified atom stereocenters. The number of hydrogen-bond donors (Lipinski definition) is 0. The standard InChI is InChI=1S/C12H14N2OS2/c1-9-4-3-5-10(6-9)7-17-12-14-13-11(15-12)8-16-2/h3-6H,7-8H2,1-2H3. The molecule has 2 rings (SSSR count). The number of aryl methyl sites for hydroxylation is 1. The van der Waals surface area contributed by atoms with Crippen molar-refractivity contribution < 1.29 is 4.42 Å². The van der Waals surface area contributed by atoms with Gasteiger partial charge in [-0.15, -0.1) is 10.2 Å². The third kappa shape index (κ3) is 3.78. The molecule has 1 aromatic heterocycles. The fourth-order valence-electron chi connectivity index (χ4n) is 1.43. The number of thioether (sulfide) groups is 2. The Hall–Kier alpha value is -0.940. The Morgan fingerprint density at radius 1 is 1.24 bits per heavy atom. The number of nitrogens with zero attached hydrogens (tertiary/aromatic N) is 2. The molecule has 1 aromatic carbocycles. The second-order valence-electron chi connectivity index (χ2n) is 3.67. The Balaban J connectivity index is 1.93. The highest BCUT2D eigenvalue weighted by atomic mass is 32.2. The van der Waals surface area contributed by atoms with E-state index in [1.54, 1.807) is 23.5 Å². The second-order valence-corrected chi connectivity index (χ2v) is 5.47. The molecule has 3 nitrogen and oxygen atoms in total. The largest absolute Gasteiger partial charge is 0.415 e. The van der Waals surface area contributed by atoms with Gasteiger partial charge in [-0.3, -0.25) is 0 Å². The molecule has 0 aliphatic heterocycles. The minimum Gasteiger partial charge on any atom is -0.415 e. The van der Waals surface area contributed by atoms with Gasteiger partial charge in [0, 0.05) is 5.75 Å². The second kappa shape index (κ2) is 6.12. The summed E-state index contributed by atoms with van der Waals surface area (Å²) in [5, 5.41) is 8.63. The Kier molecular flexibility index (Phi) is 4.50. The summed E-state index contributed by atoms with van der Waals surface area (Å²) in [7, 11) is 0. The fourth-order valence-corrected chi connectivity index (χ4v) is 2.51. The van der Waals surface area contributed by atoms with E-state index in [9.17, 15) is 0 Å². The van der Waals surface area contributed by atoms with Crippen molar-refractivity contribution in [1.82, 2.24) is 10.2 Å². The average molecular weight is 266 g/mol. The molecule has 1 heterocycles. The average Bonchev–Trinajstić information content (AvgIpc) is 2.75. The predicted molar refractivity (Wildman–Crippen MR) is 72.3 cm³/mol. The molecule has 90 valence electrons. The highest BCUT2D eigenvalue weighted by Crippen LogP contribution is 2.22. The smallest absolute Gasteiger partial charge is 0.276 e. The van der Waals surface area contributed by atoms with Gasteiger partial charge in [-0.1, -0.05) is 41.6 Å². The van der Waals surface area contributed by atoms with Crippen LogP contribution in [-0.4, -0.2) is 16.5 Å². The maximum Gasteiger partial charge on any atom is 0.276 e. The first-order valence-electron chi connectivity index (χ1n) is 5.27. The molecular weight excluding hydrogens is 252 g/mol. The Labute approximate surface area is 109 Å². The zero-order valence-corrected chi connectivity index (χ0v) is 11.5. The summed E-state index contributed by atoms with van der Waals surface area (Å²) in [4.78, 5) is 0. The van der Waals surface area contributed by atoms with Gasteiger partial charge >= 0.3 is 0 Å². The SMILES string of the molecule is CSCc1nnc(SCc2cccc(C)c2)o1. The Morgan fingerprint density at radius 3 is 2.88 bits per heavy atom. The third-order valence-electron chi connectivity index (χ3n) is 2.16.